The van der Waals surface area contributed by atoms with E-state index in [1.54, 1.807) is 19.0 Å². The van der Waals surface area contributed by atoms with Gasteiger partial charge in [-0.1, -0.05) is 0 Å². The maximum Gasteiger partial charge on any atom is 0.416 e. The third kappa shape index (κ3) is 5.72. The van der Waals surface area contributed by atoms with Gasteiger partial charge in [0.25, 0.3) is 0 Å². The van der Waals surface area contributed by atoms with E-state index in [2.05, 4.69) is 15.3 Å². The summed E-state index contributed by atoms with van der Waals surface area (Å²) in [6.45, 7) is -0.111. The van der Waals surface area contributed by atoms with Gasteiger partial charge in [-0.25, -0.2) is 14.8 Å². The van der Waals surface area contributed by atoms with Crippen LogP contribution in [0.5, 0.6) is 0 Å². The summed E-state index contributed by atoms with van der Waals surface area (Å²) in [6, 6.07) is 1.33. The Kier molecular flexibility index (Phi) is 6.00. The highest BCUT2D eigenvalue weighted by atomic mass is 19.4. The van der Waals surface area contributed by atoms with Crippen molar-refractivity contribution in [3.63, 3.8) is 0 Å². The maximum absolute atomic E-state index is 12.8. The van der Waals surface area contributed by atoms with Gasteiger partial charge in [0.15, 0.2) is 0 Å². The molecule has 0 saturated carbocycles. The predicted molar refractivity (Wildman–Crippen MR) is 88.7 cm³/mol. The molecule has 0 unspecified atom stereocenters. The van der Waals surface area contributed by atoms with Crippen LogP contribution in [0.2, 0.25) is 0 Å². The van der Waals surface area contributed by atoms with Crippen LogP contribution in [0.4, 0.5) is 42.8 Å². The van der Waals surface area contributed by atoms with E-state index in [1.165, 1.54) is 12.3 Å². The Balaban J connectivity index is 2.14. The van der Waals surface area contributed by atoms with E-state index >= 15 is 0 Å². The van der Waals surface area contributed by atoms with E-state index in [0.717, 1.165) is 0 Å². The van der Waals surface area contributed by atoms with Crippen LogP contribution >= 0.6 is 0 Å². The van der Waals surface area contributed by atoms with Gasteiger partial charge in [0.05, 0.1) is 23.4 Å². The van der Waals surface area contributed by atoms with E-state index in [1.807, 2.05) is 5.32 Å². The van der Waals surface area contributed by atoms with Crippen LogP contribution in [0, 0.1) is 0 Å². The summed E-state index contributed by atoms with van der Waals surface area (Å²) in [5, 5.41) is 4.28. The molecule has 1 aromatic heterocycles. The van der Waals surface area contributed by atoms with Crippen molar-refractivity contribution in [1.82, 2.24) is 15.3 Å². The van der Waals surface area contributed by atoms with Crippen LogP contribution in [0.3, 0.4) is 0 Å². The zero-order valence-electron chi connectivity index (χ0n) is 14.6. The SMILES string of the molecule is CN(C)c1nccc(CNC(=O)Nc2cc(C(F)(F)F)cc(C(F)(F)F)c2)n1. The average molecular weight is 407 g/mol. The molecule has 1 aromatic carbocycles. The molecule has 1 heterocycles. The molecule has 0 atom stereocenters. The number of rotatable bonds is 4. The van der Waals surface area contributed by atoms with Gasteiger partial charge in [-0.15, -0.1) is 0 Å². The quantitative estimate of drug-likeness (QED) is 0.755. The van der Waals surface area contributed by atoms with Crippen molar-refractivity contribution < 1.29 is 31.1 Å². The Morgan fingerprint density at radius 1 is 1.04 bits per heavy atom. The maximum atomic E-state index is 12.8. The zero-order valence-corrected chi connectivity index (χ0v) is 14.6. The number of anilines is 2. The molecule has 2 rings (SSSR count). The minimum atomic E-state index is -5.00. The monoisotopic (exact) mass is 407 g/mol. The second-order valence-corrected chi connectivity index (χ2v) is 5.84. The molecule has 6 nitrogen and oxygen atoms in total. The second kappa shape index (κ2) is 7.90. The zero-order chi connectivity index (χ0) is 21.1. The molecular formula is C16H15F6N5O. The summed E-state index contributed by atoms with van der Waals surface area (Å²) in [6.07, 6.45) is -8.56. The van der Waals surface area contributed by atoms with Crippen molar-refractivity contribution in [2.45, 2.75) is 18.9 Å². The molecule has 0 aliphatic rings. The molecule has 12 heteroatoms. The standard InChI is InChI=1S/C16H15F6N5O/c1-27(2)13-23-4-3-11(25-13)8-24-14(28)26-12-6-9(15(17,18)19)5-10(7-12)16(20,21)22/h3-7H,8H2,1-2H3,(H2,24,26,28). The molecule has 152 valence electrons. The fourth-order valence-corrected chi connectivity index (χ4v) is 2.07. The number of amides is 2. The van der Waals surface area contributed by atoms with Crippen molar-refractivity contribution >= 4 is 17.7 Å². The number of benzene rings is 1. The van der Waals surface area contributed by atoms with Crippen LogP contribution < -0.4 is 15.5 Å². The fraction of sp³-hybridized carbons (Fsp3) is 0.312. The lowest BCUT2D eigenvalue weighted by Crippen LogP contribution is -2.29. The van der Waals surface area contributed by atoms with Crippen LogP contribution in [-0.2, 0) is 18.9 Å². The smallest absolute Gasteiger partial charge is 0.347 e. The Hall–Kier alpha value is -3.05. The first kappa shape index (κ1) is 21.3. The minimum Gasteiger partial charge on any atom is -0.347 e. The number of carbonyl (C=O) groups is 1. The van der Waals surface area contributed by atoms with Crippen molar-refractivity contribution in [3.05, 3.63) is 47.3 Å². The van der Waals surface area contributed by atoms with E-state index in [9.17, 15) is 31.1 Å². The Bertz CT molecular complexity index is 818. The normalized spacial score (nSPS) is 11.9. The number of hydrogen-bond donors (Lipinski definition) is 2. The third-order valence-corrected chi connectivity index (χ3v) is 3.38. The van der Waals surface area contributed by atoms with Gasteiger partial charge in [0, 0.05) is 26.0 Å². The van der Waals surface area contributed by atoms with Crippen LogP contribution in [0.25, 0.3) is 0 Å². The molecule has 0 radical (unpaired) electrons. The van der Waals surface area contributed by atoms with Crippen molar-refractivity contribution in [3.8, 4) is 0 Å². The number of alkyl halides is 6. The first-order chi connectivity index (χ1) is 12.9. The van der Waals surface area contributed by atoms with Gasteiger partial charge in [0.2, 0.25) is 5.95 Å². The number of nitrogens with one attached hydrogen (secondary N) is 2. The molecule has 2 N–H and O–H groups in total. The number of aromatic nitrogens is 2. The molecule has 2 amide bonds. The summed E-state index contributed by atoms with van der Waals surface area (Å²) >= 11 is 0. The molecule has 28 heavy (non-hydrogen) atoms. The summed E-state index contributed by atoms with van der Waals surface area (Å²) in [4.78, 5) is 21.6. The topological polar surface area (TPSA) is 70.2 Å². The van der Waals surface area contributed by atoms with E-state index in [4.69, 9.17) is 0 Å². The number of hydrogen-bond acceptors (Lipinski definition) is 4. The number of urea groups is 1. The second-order valence-electron chi connectivity index (χ2n) is 5.84. The van der Waals surface area contributed by atoms with Gasteiger partial charge in [-0.3, -0.25) is 0 Å². The number of nitrogens with zero attached hydrogens (tertiary/aromatic N) is 3. The lowest BCUT2D eigenvalue weighted by Gasteiger charge is -2.15. The summed E-state index contributed by atoms with van der Waals surface area (Å²) in [7, 11) is 3.40. The summed E-state index contributed by atoms with van der Waals surface area (Å²) in [5.41, 5.74) is -3.29. The van der Waals surface area contributed by atoms with Crippen molar-refractivity contribution in [1.29, 1.82) is 0 Å². The molecule has 0 fully saturated rings. The van der Waals surface area contributed by atoms with Gasteiger partial charge in [-0.2, -0.15) is 26.3 Å². The number of carbonyl (C=O) groups excluding carboxylic acids is 1. The third-order valence-electron chi connectivity index (χ3n) is 3.38. The summed E-state index contributed by atoms with van der Waals surface area (Å²) < 4.78 is 77.0. The molecule has 0 spiro atoms. The summed E-state index contributed by atoms with van der Waals surface area (Å²) in [5.74, 6) is 0.368. The van der Waals surface area contributed by atoms with Gasteiger partial charge >= 0.3 is 18.4 Å². The highest BCUT2D eigenvalue weighted by molar-refractivity contribution is 5.89. The molecule has 0 saturated heterocycles. The van der Waals surface area contributed by atoms with Crippen molar-refractivity contribution in [2.75, 3.05) is 24.3 Å². The molecule has 0 aliphatic carbocycles. The Morgan fingerprint density at radius 3 is 2.11 bits per heavy atom. The lowest BCUT2D eigenvalue weighted by molar-refractivity contribution is -0.143. The number of halogens is 6. The molecule has 2 aromatic rings. The fourth-order valence-electron chi connectivity index (χ4n) is 2.07. The van der Waals surface area contributed by atoms with Gasteiger partial charge < -0.3 is 15.5 Å². The van der Waals surface area contributed by atoms with Crippen LogP contribution in [0.15, 0.2) is 30.5 Å². The Labute approximate surface area is 155 Å². The molecule has 0 bridgehead atoms. The largest absolute Gasteiger partial charge is 0.416 e. The van der Waals surface area contributed by atoms with Crippen molar-refractivity contribution in [2.24, 2.45) is 0 Å². The average Bonchev–Trinajstić information content (AvgIpc) is 2.58. The van der Waals surface area contributed by atoms with Crippen LogP contribution in [-0.4, -0.2) is 30.1 Å². The predicted octanol–water partition coefficient (Wildman–Crippen LogP) is 3.90. The first-order valence-corrected chi connectivity index (χ1v) is 7.70. The minimum absolute atomic E-state index is 0.0211. The molecule has 0 aliphatic heterocycles. The van der Waals surface area contributed by atoms with Crippen LogP contribution in [0.1, 0.15) is 16.8 Å². The Morgan fingerprint density at radius 2 is 1.61 bits per heavy atom. The highest BCUT2D eigenvalue weighted by Gasteiger charge is 2.37. The lowest BCUT2D eigenvalue weighted by atomic mass is 10.1. The van der Waals surface area contributed by atoms with Gasteiger partial charge in [-0.05, 0) is 24.3 Å². The van der Waals surface area contributed by atoms with E-state index < -0.39 is 35.2 Å². The molecular weight excluding hydrogens is 392 g/mol. The van der Waals surface area contributed by atoms with E-state index in [0.29, 0.717) is 23.8 Å². The van der Waals surface area contributed by atoms with E-state index in [-0.39, 0.29) is 12.6 Å². The first-order valence-electron chi connectivity index (χ1n) is 7.70. The highest BCUT2D eigenvalue weighted by Crippen LogP contribution is 2.37. The van der Waals surface area contributed by atoms with Gasteiger partial charge in [0.1, 0.15) is 0 Å².